The van der Waals surface area contributed by atoms with Crippen molar-refractivity contribution >= 4 is 27.5 Å². The zero-order valence-electron chi connectivity index (χ0n) is 9.84. The summed E-state index contributed by atoms with van der Waals surface area (Å²) < 4.78 is 0. The first-order chi connectivity index (χ1) is 7.54. The molecule has 0 saturated carbocycles. The monoisotopic (exact) mass is 234 g/mol. The van der Waals surface area contributed by atoms with Gasteiger partial charge in [0.05, 0.1) is 4.88 Å². The summed E-state index contributed by atoms with van der Waals surface area (Å²) in [5, 5.41) is 3.78. The molecule has 1 amide bonds. The number of nitrogens with zero attached hydrogens (tertiary/aromatic N) is 1. The highest BCUT2D eigenvalue weighted by atomic mass is 32.1. The molecular weight excluding hydrogens is 220 g/mol. The molecule has 4 heteroatoms. The summed E-state index contributed by atoms with van der Waals surface area (Å²) in [6.07, 6.45) is 0. The predicted octanol–water partition coefficient (Wildman–Crippen LogP) is 2.58. The van der Waals surface area contributed by atoms with Gasteiger partial charge in [-0.1, -0.05) is 0 Å². The maximum atomic E-state index is 11.7. The van der Waals surface area contributed by atoms with Crippen molar-refractivity contribution in [2.24, 2.45) is 0 Å². The molecule has 0 fully saturated rings. The van der Waals surface area contributed by atoms with E-state index < -0.39 is 0 Å². The first-order valence-corrected chi connectivity index (χ1v) is 5.95. The Kier molecular flexibility index (Phi) is 2.68. The molecule has 0 atom stereocenters. The highest BCUT2D eigenvalue weighted by Crippen LogP contribution is 2.31. The van der Waals surface area contributed by atoms with Crippen LogP contribution in [0.2, 0.25) is 0 Å². The Hall–Kier alpha value is -1.42. The smallest absolute Gasteiger partial charge is 0.261 e. The Morgan fingerprint density at radius 3 is 2.69 bits per heavy atom. The number of hydrogen-bond acceptors (Lipinski definition) is 3. The molecule has 0 radical (unpaired) electrons. The lowest BCUT2D eigenvalue weighted by molar-refractivity contribution is 0.0966. The van der Waals surface area contributed by atoms with E-state index in [1.807, 2.05) is 13.8 Å². The van der Waals surface area contributed by atoms with Crippen molar-refractivity contribution < 1.29 is 4.79 Å². The van der Waals surface area contributed by atoms with Crippen LogP contribution in [0.4, 0.5) is 0 Å². The first kappa shape index (κ1) is 11.1. The molecule has 0 aliphatic carbocycles. The van der Waals surface area contributed by atoms with E-state index in [0.29, 0.717) is 0 Å². The predicted molar refractivity (Wildman–Crippen MR) is 67.2 cm³/mol. The van der Waals surface area contributed by atoms with Crippen LogP contribution in [-0.2, 0) is 0 Å². The van der Waals surface area contributed by atoms with E-state index in [0.717, 1.165) is 26.4 Å². The van der Waals surface area contributed by atoms with Crippen LogP contribution in [0, 0.1) is 20.8 Å². The Morgan fingerprint density at radius 2 is 2.06 bits per heavy atom. The average Bonchev–Trinajstić information content (AvgIpc) is 2.54. The van der Waals surface area contributed by atoms with E-state index in [1.54, 1.807) is 7.05 Å². The van der Waals surface area contributed by atoms with Gasteiger partial charge >= 0.3 is 0 Å². The summed E-state index contributed by atoms with van der Waals surface area (Å²) in [6.45, 7) is 6.01. The maximum absolute atomic E-state index is 11.7. The second-order valence-electron chi connectivity index (χ2n) is 3.90. The molecular formula is C12H14N2OS. The van der Waals surface area contributed by atoms with E-state index in [1.165, 1.54) is 16.9 Å². The Balaban J connectivity index is 2.78. The lowest BCUT2D eigenvalue weighted by Gasteiger charge is -2.00. The summed E-state index contributed by atoms with van der Waals surface area (Å²) in [7, 11) is 1.65. The van der Waals surface area contributed by atoms with Crippen LogP contribution in [0.15, 0.2) is 6.07 Å². The van der Waals surface area contributed by atoms with E-state index >= 15 is 0 Å². The normalized spacial score (nSPS) is 10.8. The van der Waals surface area contributed by atoms with Crippen LogP contribution in [-0.4, -0.2) is 17.9 Å². The lowest BCUT2D eigenvalue weighted by Crippen LogP contribution is -2.17. The van der Waals surface area contributed by atoms with Gasteiger partial charge in [0.1, 0.15) is 4.83 Å². The molecule has 0 saturated heterocycles. The molecule has 0 bridgehead atoms. The SMILES string of the molecule is CNC(=O)c1sc2nc(C)cc(C)c2c1C. The molecule has 16 heavy (non-hydrogen) atoms. The third-order valence-corrected chi connectivity index (χ3v) is 3.84. The summed E-state index contributed by atoms with van der Waals surface area (Å²) in [6, 6.07) is 2.05. The van der Waals surface area contributed by atoms with Crippen LogP contribution < -0.4 is 5.32 Å². The standard InChI is InChI=1S/C12H14N2OS/c1-6-5-7(2)14-12-9(6)8(3)10(16-12)11(15)13-4/h5H,1-4H3,(H,13,15). The summed E-state index contributed by atoms with van der Waals surface area (Å²) in [4.78, 5) is 17.9. The summed E-state index contributed by atoms with van der Waals surface area (Å²) in [5.41, 5.74) is 3.21. The number of pyridine rings is 1. The minimum absolute atomic E-state index is 0.0300. The second kappa shape index (κ2) is 3.87. The van der Waals surface area contributed by atoms with E-state index in [-0.39, 0.29) is 5.91 Å². The molecule has 1 N–H and O–H groups in total. The van der Waals surface area contributed by atoms with Crippen molar-refractivity contribution in [2.75, 3.05) is 7.05 Å². The van der Waals surface area contributed by atoms with E-state index in [9.17, 15) is 4.79 Å². The van der Waals surface area contributed by atoms with Crippen LogP contribution in [0.3, 0.4) is 0 Å². The fraction of sp³-hybridized carbons (Fsp3) is 0.333. The van der Waals surface area contributed by atoms with Gasteiger partial charge in [0.2, 0.25) is 0 Å². The van der Waals surface area contributed by atoms with Crippen LogP contribution >= 0.6 is 11.3 Å². The molecule has 2 aromatic rings. The molecule has 0 spiro atoms. The number of carbonyl (C=O) groups is 1. The molecule has 0 unspecified atom stereocenters. The van der Waals surface area contributed by atoms with Gasteiger partial charge in [0.15, 0.2) is 0 Å². The first-order valence-electron chi connectivity index (χ1n) is 5.14. The molecule has 2 rings (SSSR count). The molecule has 2 heterocycles. The molecule has 0 aliphatic heterocycles. The zero-order valence-corrected chi connectivity index (χ0v) is 10.7. The van der Waals surface area contributed by atoms with Gasteiger partial charge in [-0.05, 0) is 38.0 Å². The molecule has 84 valence electrons. The van der Waals surface area contributed by atoms with Gasteiger partial charge < -0.3 is 5.32 Å². The van der Waals surface area contributed by atoms with Crippen molar-refractivity contribution in [3.63, 3.8) is 0 Å². The van der Waals surface area contributed by atoms with Crippen molar-refractivity contribution in [2.45, 2.75) is 20.8 Å². The van der Waals surface area contributed by atoms with Crippen molar-refractivity contribution in [3.05, 3.63) is 27.8 Å². The average molecular weight is 234 g/mol. The third-order valence-electron chi connectivity index (χ3n) is 2.66. The Bertz CT molecular complexity index is 572. The summed E-state index contributed by atoms with van der Waals surface area (Å²) >= 11 is 1.46. The topological polar surface area (TPSA) is 42.0 Å². The number of carbonyl (C=O) groups excluding carboxylic acids is 1. The largest absolute Gasteiger partial charge is 0.354 e. The van der Waals surface area contributed by atoms with Gasteiger partial charge in [-0.3, -0.25) is 4.79 Å². The van der Waals surface area contributed by atoms with E-state index in [4.69, 9.17) is 0 Å². The number of thiophene rings is 1. The van der Waals surface area contributed by atoms with E-state index in [2.05, 4.69) is 23.3 Å². The number of nitrogens with one attached hydrogen (secondary N) is 1. The van der Waals surface area contributed by atoms with Crippen molar-refractivity contribution in [3.8, 4) is 0 Å². The van der Waals surface area contributed by atoms with Crippen molar-refractivity contribution in [1.29, 1.82) is 0 Å². The number of amides is 1. The number of rotatable bonds is 1. The van der Waals surface area contributed by atoms with Gasteiger partial charge in [0.25, 0.3) is 5.91 Å². The zero-order chi connectivity index (χ0) is 11.9. The Labute approximate surface area is 98.5 Å². The molecule has 2 aromatic heterocycles. The number of hydrogen-bond donors (Lipinski definition) is 1. The number of aryl methyl sites for hydroxylation is 3. The minimum atomic E-state index is -0.0300. The summed E-state index contributed by atoms with van der Waals surface area (Å²) in [5.74, 6) is -0.0300. The van der Waals surface area contributed by atoms with Gasteiger partial charge in [0, 0.05) is 18.1 Å². The fourth-order valence-corrected chi connectivity index (χ4v) is 3.20. The van der Waals surface area contributed by atoms with Gasteiger partial charge in [-0.25, -0.2) is 4.98 Å². The van der Waals surface area contributed by atoms with Crippen molar-refractivity contribution in [1.82, 2.24) is 10.3 Å². The molecule has 0 aliphatic rings. The Morgan fingerprint density at radius 1 is 1.38 bits per heavy atom. The van der Waals surface area contributed by atoms with Crippen LogP contribution in [0.1, 0.15) is 26.5 Å². The highest BCUT2D eigenvalue weighted by molar-refractivity contribution is 7.20. The van der Waals surface area contributed by atoms with Crippen LogP contribution in [0.25, 0.3) is 10.2 Å². The molecule has 3 nitrogen and oxygen atoms in total. The highest BCUT2D eigenvalue weighted by Gasteiger charge is 2.16. The third kappa shape index (κ3) is 1.59. The maximum Gasteiger partial charge on any atom is 0.261 e. The molecule has 0 aromatic carbocycles. The van der Waals surface area contributed by atoms with Gasteiger partial charge in [-0.15, -0.1) is 11.3 Å². The minimum Gasteiger partial charge on any atom is -0.354 e. The fourth-order valence-electron chi connectivity index (χ4n) is 1.95. The number of fused-ring (bicyclic) bond motifs is 1. The van der Waals surface area contributed by atoms with Gasteiger partial charge in [-0.2, -0.15) is 0 Å². The van der Waals surface area contributed by atoms with Crippen LogP contribution in [0.5, 0.6) is 0 Å². The quantitative estimate of drug-likeness (QED) is 0.824. The second-order valence-corrected chi connectivity index (χ2v) is 4.90. The lowest BCUT2D eigenvalue weighted by atomic mass is 10.1. The number of aromatic nitrogens is 1.